The van der Waals surface area contributed by atoms with Crippen LogP contribution in [0.2, 0.25) is 0 Å². The van der Waals surface area contributed by atoms with Gasteiger partial charge in [-0.2, -0.15) is 0 Å². The van der Waals surface area contributed by atoms with Crippen LogP contribution in [0.4, 0.5) is 0 Å². The van der Waals surface area contributed by atoms with Crippen molar-refractivity contribution in [2.45, 2.75) is 70.0 Å². The van der Waals surface area contributed by atoms with Crippen molar-refractivity contribution in [3.05, 3.63) is 0 Å². The lowest BCUT2D eigenvalue weighted by Crippen LogP contribution is -2.55. The van der Waals surface area contributed by atoms with E-state index in [4.69, 9.17) is 0 Å². The first-order chi connectivity index (χ1) is 8.08. The molecule has 102 valence electrons. The summed E-state index contributed by atoms with van der Waals surface area (Å²) in [6, 6.07) is 1.27. The molecule has 0 aliphatic heterocycles. The summed E-state index contributed by atoms with van der Waals surface area (Å²) in [5.74, 6) is 0. The molecule has 3 atom stereocenters. The predicted molar refractivity (Wildman–Crippen MR) is 73.3 cm³/mol. The average molecular weight is 242 g/mol. The maximum absolute atomic E-state index is 9.60. The van der Waals surface area contributed by atoms with E-state index < -0.39 is 0 Å². The van der Waals surface area contributed by atoms with Crippen LogP contribution in [0.1, 0.15) is 52.4 Å². The number of rotatable bonds is 6. The fourth-order valence-corrected chi connectivity index (χ4v) is 3.11. The van der Waals surface area contributed by atoms with Gasteiger partial charge in [0.05, 0.1) is 6.61 Å². The van der Waals surface area contributed by atoms with Gasteiger partial charge >= 0.3 is 0 Å². The first-order valence-corrected chi connectivity index (χ1v) is 7.10. The van der Waals surface area contributed by atoms with Crippen LogP contribution >= 0.6 is 0 Å². The van der Waals surface area contributed by atoms with E-state index in [2.05, 4.69) is 31.1 Å². The number of nitrogens with one attached hydrogen (secondary N) is 1. The van der Waals surface area contributed by atoms with E-state index in [1.165, 1.54) is 25.7 Å². The van der Waals surface area contributed by atoms with E-state index in [-0.39, 0.29) is 12.1 Å². The zero-order valence-corrected chi connectivity index (χ0v) is 12.0. The summed E-state index contributed by atoms with van der Waals surface area (Å²) in [6.07, 6.45) is 7.17. The summed E-state index contributed by atoms with van der Waals surface area (Å²) in [6.45, 7) is 4.82. The molecule has 1 aliphatic rings. The van der Waals surface area contributed by atoms with E-state index in [1.807, 2.05) is 7.05 Å². The highest BCUT2D eigenvalue weighted by Crippen LogP contribution is 2.31. The highest BCUT2D eigenvalue weighted by Gasteiger charge is 2.36. The molecular formula is C14H30N2O. The molecule has 0 bridgehead atoms. The van der Waals surface area contributed by atoms with Crippen LogP contribution in [0.3, 0.4) is 0 Å². The summed E-state index contributed by atoms with van der Waals surface area (Å²) in [5.41, 5.74) is -0.0386. The molecule has 0 radical (unpaired) electrons. The molecule has 3 heteroatoms. The molecular weight excluding hydrogens is 212 g/mol. The van der Waals surface area contributed by atoms with Crippen molar-refractivity contribution < 1.29 is 5.11 Å². The van der Waals surface area contributed by atoms with Crippen LogP contribution in [0, 0.1) is 0 Å². The van der Waals surface area contributed by atoms with Crippen LogP contribution < -0.4 is 5.32 Å². The van der Waals surface area contributed by atoms with Gasteiger partial charge in [-0.1, -0.05) is 13.3 Å². The molecule has 0 saturated heterocycles. The highest BCUT2D eigenvalue weighted by atomic mass is 16.3. The van der Waals surface area contributed by atoms with Gasteiger partial charge in [-0.3, -0.25) is 0 Å². The third kappa shape index (κ3) is 3.67. The molecule has 0 aromatic rings. The van der Waals surface area contributed by atoms with Crippen LogP contribution in [0.5, 0.6) is 0 Å². The van der Waals surface area contributed by atoms with Crippen molar-refractivity contribution in [1.29, 1.82) is 0 Å². The predicted octanol–water partition coefficient (Wildman–Crippen LogP) is 2.00. The highest BCUT2D eigenvalue weighted by molar-refractivity contribution is 4.95. The molecule has 0 amide bonds. The van der Waals surface area contributed by atoms with E-state index in [0.717, 1.165) is 12.8 Å². The number of nitrogens with zero attached hydrogens (tertiary/aromatic N) is 1. The quantitative estimate of drug-likeness (QED) is 0.748. The largest absolute Gasteiger partial charge is 0.394 e. The lowest BCUT2D eigenvalue weighted by Gasteiger charge is -2.44. The molecule has 1 rings (SSSR count). The van der Waals surface area contributed by atoms with E-state index in [9.17, 15) is 5.11 Å². The first-order valence-electron chi connectivity index (χ1n) is 7.10. The Morgan fingerprint density at radius 1 is 1.53 bits per heavy atom. The third-order valence-electron chi connectivity index (χ3n) is 4.63. The van der Waals surface area contributed by atoms with Gasteiger partial charge in [0.25, 0.3) is 0 Å². The first kappa shape index (κ1) is 14.9. The van der Waals surface area contributed by atoms with Crippen LogP contribution in [0.15, 0.2) is 0 Å². The van der Waals surface area contributed by atoms with Crippen LogP contribution in [0.25, 0.3) is 0 Å². The molecule has 1 aliphatic carbocycles. The normalized spacial score (nSPS) is 31.8. The fourth-order valence-electron chi connectivity index (χ4n) is 3.11. The SMILES string of the molecule is CCCC(C)N(C)C1CCCC(CO)(NC)C1. The Morgan fingerprint density at radius 3 is 2.76 bits per heavy atom. The van der Waals surface area contributed by atoms with Crippen LogP contribution in [-0.2, 0) is 0 Å². The Labute approximate surface area is 107 Å². The van der Waals surface area contributed by atoms with E-state index in [1.54, 1.807) is 0 Å². The fraction of sp³-hybridized carbons (Fsp3) is 1.00. The molecule has 0 spiro atoms. The lowest BCUT2D eigenvalue weighted by molar-refractivity contribution is 0.0580. The van der Waals surface area contributed by atoms with Crippen molar-refractivity contribution in [3.63, 3.8) is 0 Å². The number of aliphatic hydroxyl groups is 1. The Hall–Kier alpha value is -0.120. The van der Waals surface area contributed by atoms with Gasteiger partial charge in [-0.25, -0.2) is 0 Å². The van der Waals surface area contributed by atoms with Crippen molar-refractivity contribution in [2.75, 3.05) is 20.7 Å². The van der Waals surface area contributed by atoms with Gasteiger partial charge in [-0.05, 0) is 53.1 Å². The number of likely N-dealkylation sites (N-methyl/N-ethyl adjacent to an activating group) is 1. The standard InChI is InChI=1S/C14H30N2O/c1-5-7-12(2)16(4)13-8-6-9-14(10-13,11-17)15-3/h12-13,15,17H,5-11H2,1-4H3. The Kier molecular flexibility index (Phi) is 5.90. The van der Waals surface area contributed by atoms with Gasteiger partial charge < -0.3 is 15.3 Å². The molecule has 2 N–H and O–H groups in total. The smallest absolute Gasteiger partial charge is 0.0613 e. The van der Waals surface area contributed by atoms with Gasteiger partial charge in [0, 0.05) is 17.6 Å². The minimum absolute atomic E-state index is 0.0386. The molecule has 0 aromatic heterocycles. The lowest BCUT2D eigenvalue weighted by atomic mass is 9.78. The Bertz CT molecular complexity index is 216. The summed E-state index contributed by atoms with van der Waals surface area (Å²) in [7, 11) is 4.22. The topological polar surface area (TPSA) is 35.5 Å². The Morgan fingerprint density at radius 2 is 2.24 bits per heavy atom. The number of aliphatic hydroxyl groups excluding tert-OH is 1. The van der Waals surface area contributed by atoms with Gasteiger partial charge in [0.2, 0.25) is 0 Å². The van der Waals surface area contributed by atoms with Gasteiger partial charge in [0.1, 0.15) is 0 Å². The maximum atomic E-state index is 9.60. The second-order valence-corrected chi connectivity index (χ2v) is 5.74. The van der Waals surface area contributed by atoms with Crippen molar-refractivity contribution in [1.82, 2.24) is 10.2 Å². The minimum atomic E-state index is -0.0386. The van der Waals surface area contributed by atoms with Crippen molar-refractivity contribution >= 4 is 0 Å². The zero-order valence-electron chi connectivity index (χ0n) is 12.0. The average Bonchev–Trinajstić information content (AvgIpc) is 2.38. The van der Waals surface area contributed by atoms with Gasteiger partial charge in [0.15, 0.2) is 0 Å². The Balaban J connectivity index is 2.59. The molecule has 1 fully saturated rings. The molecule has 17 heavy (non-hydrogen) atoms. The van der Waals surface area contributed by atoms with Crippen LogP contribution in [-0.4, -0.2) is 48.3 Å². The second kappa shape index (κ2) is 6.72. The summed E-state index contributed by atoms with van der Waals surface area (Å²) in [4.78, 5) is 2.52. The molecule has 1 saturated carbocycles. The number of hydrogen-bond acceptors (Lipinski definition) is 3. The molecule has 0 aromatic carbocycles. The van der Waals surface area contributed by atoms with Gasteiger partial charge in [-0.15, -0.1) is 0 Å². The monoisotopic (exact) mass is 242 g/mol. The van der Waals surface area contributed by atoms with E-state index in [0.29, 0.717) is 12.1 Å². The number of hydrogen-bond donors (Lipinski definition) is 2. The van der Waals surface area contributed by atoms with Crippen molar-refractivity contribution in [3.8, 4) is 0 Å². The van der Waals surface area contributed by atoms with Crippen molar-refractivity contribution in [2.24, 2.45) is 0 Å². The summed E-state index contributed by atoms with van der Waals surface area (Å²) >= 11 is 0. The summed E-state index contributed by atoms with van der Waals surface area (Å²) in [5, 5.41) is 12.9. The minimum Gasteiger partial charge on any atom is -0.394 e. The second-order valence-electron chi connectivity index (χ2n) is 5.74. The van der Waals surface area contributed by atoms with E-state index >= 15 is 0 Å². The third-order valence-corrected chi connectivity index (χ3v) is 4.63. The molecule has 3 nitrogen and oxygen atoms in total. The maximum Gasteiger partial charge on any atom is 0.0613 e. The zero-order chi connectivity index (χ0) is 12.9. The summed E-state index contributed by atoms with van der Waals surface area (Å²) < 4.78 is 0. The molecule has 3 unspecified atom stereocenters. The molecule has 0 heterocycles.